The van der Waals surface area contributed by atoms with Gasteiger partial charge in [0.25, 0.3) is 0 Å². The van der Waals surface area contributed by atoms with Gasteiger partial charge < -0.3 is 14.4 Å². The number of sulfonamides is 1. The lowest BCUT2D eigenvalue weighted by Gasteiger charge is -2.30. The summed E-state index contributed by atoms with van der Waals surface area (Å²) in [6.07, 6.45) is 0.589. The van der Waals surface area contributed by atoms with Crippen LogP contribution >= 0.6 is 11.3 Å². The molecular weight excluding hydrogens is 484 g/mol. The smallest absolute Gasteiger partial charge is 0.243 e. The minimum absolute atomic E-state index is 0.178. The Morgan fingerprint density at radius 3 is 2.49 bits per heavy atom. The van der Waals surface area contributed by atoms with E-state index < -0.39 is 10.0 Å². The highest BCUT2D eigenvalue weighted by molar-refractivity contribution is 7.89. The second-order valence-electron chi connectivity index (χ2n) is 8.58. The molecular formula is C26H30N2O5S2. The highest BCUT2D eigenvalue weighted by Crippen LogP contribution is 2.33. The maximum absolute atomic E-state index is 13.7. The van der Waals surface area contributed by atoms with Crippen LogP contribution in [-0.2, 0) is 27.9 Å². The third-order valence-corrected chi connectivity index (χ3v) is 9.17. The zero-order chi connectivity index (χ0) is 25.0. The Morgan fingerprint density at radius 1 is 1.06 bits per heavy atom. The topological polar surface area (TPSA) is 76.2 Å². The Hall–Kier alpha value is -2.88. The number of amides is 1. The first-order valence-corrected chi connectivity index (χ1v) is 13.9. The summed E-state index contributed by atoms with van der Waals surface area (Å²) in [5.74, 6) is 1.07. The Bertz CT molecular complexity index is 1270. The van der Waals surface area contributed by atoms with Gasteiger partial charge in [-0.2, -0.15) is 4.31 Å². The Labute approximate surface area is 210 Å². The van der Waals surface area contributed by atoms with Gasteiger partial charge in [0.1, 0.15) is 0 Å². The van der Waals surface area contributed by atoms with Crippen molar-refractivity contribution in [2.45, 2.75) is 51.2 Å². The number of fused-ring (bicyclic) bond motifs is 1. The van der Waals surface area contributed by atoms with Gasteiger partial charge in [0.2, 0.25) is 22.7 Å². The van der Waals surface area contributed by atoms with Crippen LogP contribution in [0.1, 0.15) is 36.3 Å². The number of hydrogen-bond donors (Lipinski definition) is 0. The molecule has 0 bridgehead atoms. The van der Waals surface area contributed by atoms with Gasteiger partial charge in [0, 0.05) is 17.5 Å². The second kappa shape index (κ2) is 10.8. The fraction of sp³-hybridized carbons (Fsp3) is 0.346. The second-order valence-corrected chi connectivity index (χ2v) is 11.5. The fourth-order valence-electron chi connectivity index (χ4n) is 3.87. The number of thiophene rings is 1. The van der Waals surface area contributed by atoms with Gasteiger partial charge in [-0.05, 0) is 67.1 Å². The number of rotatable bonds is 10. The monoisotopic (exact) mass is 514 g/mol. The van der Waals surface area contributed by atoms with Gasteiger partial charge in [0.15, 0.2) is 11.5 Å². The number of hydrogen-bond acceptors (Lipinski definition) is 6. The fourth-order valence-corrected chi connectivity index (χ4v) is 6.47. The van der Waals surface area contributed by atoms with Crippen LogP contribution in [0.3, 0.4) is 0 Å². The number of nitrogens with zero attached hydrogens (tertiary/aromatic N) is 2. The van der Waals surface area contributed by atoms with Crippen LogP contribution in [0, 0.1) is 6.92 Å². The van der Waals surface area contributed by atoms with Crippen molar-refractivity contribution in [2.24, 2.45) is 0 Å². The Morgan fingerprint density at radius 2 is 1.80 bits per heavy atom. The number of benzene rings is 2. The minimum atomic E-state index is -3.84. The maximum atomic E-state index is 13.7. The Kier molecular flexibility index (Phi) is 7.78. The molecule has 186 valence electrons. The third-order valence-electron chi connectivity index (χ3n) is 6.19. The largest absolute Gasteiger partial charge is 0.454 e. The van der Waals surface area contributed by atoms with Crippen molar-refractivity contribution < 1.29 is 22.7 Å². The highest BCUT2D eigenvalue weighted by Gasteiger charge is 2.32. The molecule has 0 N–H and O–H groups in total. The van der Waals surface area contributed by atoms with Crippen molar-refractivity contribution in [3.63, 3.8) is 0 Å². The van der Waals surface area contributed by atoms with Crippen LogP contribution in [0.4, 0.5) is 0 Å². The quantitative estimate of drug-likeness (QED) is 0.388. The van der Waals surface area contributed by atoms with Gasteiger partial charge in [-0.25, -0.2) is 8.42 Å². The van der Waals surface area contributed by atoms with E-state index in [-0.39, 0.29) is 30.2 Å². The summed E-state index contributed by atoms with van der Waals surface area (Å²) in [4.78, 5) is 16.7. The SMILES string of the molecule is CC[C@@H](C)N(CC(=O)N(Cc1ccc2c(c1)OCO2)Cc1sccc1C)S(=O)(=O)c1ccccc1. The Balaban J connectivity index is 1.62. The van der Waals surface area contributed by atoms with Gasteiger partial charge >= 0.3 is 0 Å². The van der Waals surface area contributed by atoms with E-state index in [1.54, 1.807) is 46.6 Å². The van der Waals surface area contributed by atoms with Crippen LogP contribution in [-0.4, -0.2) is 42.9 Å². The van der Waals surface area contributed by atoms with E-state index in [0.29, 0.717) is 31.0 Å². The first-order chi connectivity index (χ1) is 16.8. The third kappa shape index (κ3) is 5.69. The van der Waals surface area contributed by atoms with Crippen LogP contribution in [0.15, 0.2) is 64.9 Å². The van der Waals surface area contributed by atoms with E-state index in [0.717, 1.165) is 16.0 Å². The highest BCUT2D eigenvalue weighted by atomic mass is 32.2. The predicted octanol–water partition coefficient (Wildman–Crippen LogP) is 4.80. The predicted molar refractivity (Wildman–Crippen MR) is 136 cm³/mol. The zero-order valence-corrected chi connectivity index (χ0v) is 21.8. The van der Waals surface area contributed by atoms with Crippen molar-refractivity contribution in [3.05, 3.63) is 76.0 Å². The van der Waals surface area contributed by atoms with Gasteiger partial charge in [0.05, 0.1) is 18.0 Å². The summed E-state index contributed by atoms with van der Waals surface area (Å²) in [5.41, 5.74) is 1.99. The maximum Gasteiger partial charge on any atom is 0.243 e. The standard InChI is InChI=1S/C26H30N2O5S2/c1-4-20(3)28(35(30,31)22-8-6-5-7-9-22)17-26(29)27(16-25-19(2)12-13-34-25)15-21-10-11-23-24(14-21)33-18-32-23/h5-14,20H,4,15-18H2,1-3H3/t20-/m1/s1. The molecule has 0 radical (unpaired) electrons. The van der Waals surface area contributed by atoms with Crippen LogP contribution in [0.25, 0.3) is 0 Å². The number of aryl methyl sites for hydroxylation is 1. The molecule has 4 rings (SSSR count). The molecule has 0 aliphatic carbocycles. The molecule has 0 fully saturated rings. The van der Waals surface area contributed by atoms with Crippen LogP contribution < -0.4 is 9.47 Å². The summed E-state index contributed by atoms with van der Waals surface area (Å²) >= 11 is 1.59. The van der Waals surface area contributed by atoms with Crippen LogP contribution in [0.5, 0.6) is 11.5 Å². The van der Waals surface area contributed by atoms with Crippen molar-refractivity contribution in [3.8, 4) is 11.5 Å². The molecule has 0 spiro atoms. The van der Waals surface area contributed by atoms with Gasteiger partial charge in [-0.3, -0.25) is 4.79 Å². The van der Waals surface area contributed by atoms with E-state index in [4.69, 9.17) is 9.47 Å². The van der Waals surface area contributed by atoms with E-state index >= 15 is 0 Å². The van der Waals surface area contributed by atoms with Crippen molar-refractivity contribution >= 4 is 27.3 Å². The summed E-state index contributed by atoms with van der Waals surface area (Å²) in [6, 6.07) is 15.6. The summed E-state index contributed by atoms with van der Waals surface area (Å²) in [5, 5.41) is 2.00. The average molecular weight is 515 g/mol. The molecule has 35 heavy (non-hydrogen) atoms. The molecule has 1 atom stereocenters. The van der Waals surface area contributed by atoms with Gasteiger partial charge in [-0.15, -0.1) is 11.3 Å². The molecule has 0 saturated carbocycles. The molecule has 1 aromatic heterocycles. The lowest BCUT2D eigenvalue weighted by molar-refractivity contribution is -0.133. The molecule has 2 aromatic carbocycles. The molecule has 1 amide bonds. The molecule has 9 heteroatoms. The van der Waals surface area contributed by atoms with Crippen molar-refractivity contribution in [1.82, 2.24) is 9.21 Å². The van der Waals surface area contributed by atoms with E-state index in [1.807, 2.05) is 50.4 Å². The molecule has 0 unspecified atom stereocenters. The number of ether oxygens (including phenoxy) is 2. The average Bonchev–Trinajstić information content (AvgIpc) is 3.50. The number of carbonyl (C=O) groups is 1. The molecule has 1 aliphatic heterocycles. The normalized spacial score (nSPS) is 13.7. The van der Waals surface area contributed by atoms with Crippen LogP contribution in [0.2, 0.25) is 0 Å². The minimum Gasteiger partial charge on any atom is -0.454 e. The van der Waals surface area contributed by atoms with E-state index in [1.165, 1.54) is 4.31 Å². The summed E-state index contributed by atoms with van der Waals surface area (Å²) in [7, 11) is -3.84. The first kappa shape index (κ1) is 25.2. The molecule has 0 saturated heterocycles. The summed E-state index contributed by atoms with van der Waals surface area (Å²) < 4.78 is 39.2. The van der Waals surface area contributed by atoms with E-state index in [2.05, 4.69) is 0 Å². The molecule has 1 aliphatic rings. The first-order valence-electron chi connectivity index (χ1n) is 11.6. The van der Waals surface area contributed by atoms with Crippen molar-refractivity contribution in [2.75, 3.05) is 13.3 Å². The lowest BCUT2D eigenvalue weighted by atomic mass is 10.1. The molecule has 3 aromatic rings. The van der Waals surface area contributed by atoms with Crippen molar-refractivity contribution in [1.29, 1.82) is 0 Å². The molecule has 2 heterocycles. The zero-order valence-electron chi connectivity index (χ0n) is 20.1. The lowest BCUT2D eigenvalue weighted by Crippen LogP contribution is -2.46. The van der Waals surface area contributed by atoms with Gasteiger partial charge in [-0.1, -0.05) is 31.2 Å². The summed E-state index contributed by atoms with van der Waals surface area (Å²) in [6.45, 7) is 6.43. The molecule has 7 nitrogen and oxygen atoms in total. The van der Waals surface area contributed by atoms with E-state index in [9.17, 15) is 13.2 Å². The number of carbonyl (C=O) groups excluding carboxylic acids is 1.